The third kappa shape index (κ3) is 7.15. The molecule has 1 aliphatic heterocycles. The quantitative estimate of drug-likeness (QED) is 0.526. The van der Waals surface area contributed by atoms with Crippen LogP contribution >= 0.6 is 11.9 Å². The first-order valence-corrected chi connectivity index (χ1v) is 8.18. The van der Waals surface area contributed by atoms with Crippen LogP contribution in [0.25, 0.3) is 0 Å². The Bertz CT molecular complexity index is 256. The van der Waals surface area contributed by atoms with Crippen LogP contribution in [0, 0.1) is 5.92 Å². The lowest BCUT2D eigenvalue weighted by molar-refractivity contribution is -0.124. The van der Waals surface area contributed by atoms with Crippen molar-refractivity contribution in [1.82, 2.24) is 14.5 Å². The molecule has 0 aromatic carbocycles. The van der Waals surface area contributed by atoms with Crippen molar-refractivity contribution in [2.24, 2.45) is 5.92 Å². The molecule has 1 N–H and O–H groups in total. The molecule has 1 rings (SSSR count). The number of hydrogen-bond acceptors (Lipinski definition) is 5. The van der Waals surface area contributed by atoms with E-state index < -0.39 is 0 Å². The normalized spacial score (nSPS) is 17.9. The largest absolute Gasteiger partial charge is 0.378 e. The van der Waals surface area contributed by atoms with E-state index in [9.17, 15) is 4.79 Å². The Balaban J connectivity index is 1.93. The summed E-state index contributed by atoms with van der Waals surface area (Å²) in [5.74, 6) is 0.143. The second-order valence-electron chi connectivity index (χ2n) is 5.01. The van der Waals surface area contributed by atoms with E-state index in [1.54, 1.807) is 0 Å². The van der Waals surface area contributed by atoms with Crippen molar-refractivity contribution in [3.05, 3.63) is 0 Å². The van der Waals surface area contributed by atoms with Crippen molar-refractivity contribution in [2.75, 3.05) is 58.7 Å². The van der Waals surface area contributed by atoms with Crippen LogP contribution < -0.4 is 5.32 Å². The number of carbonyl (C=O) groups excluding carboxylic acids is 1. The smallest absolute Gasteiger partial charge is 0.222 e. The summed E-state index contributed by atoms with van der Waals surface area (Å²) in [6.07, 6.45) is 2.13. The Hall–Kier alpha value is -0.300. The molecule has 0 aromatic heterocycles. The van der Waals surface area contributed by atoms with Crippen LogP contribution in [0.2, 0.25) is 0 Å². The molecule has 0 aromatic rings. The first kappa shape index (κ1) is 16.8. The maximum atomic E-state index is 11.3. The van der Waals surface area contributed by atoms with Gasteiger partial charge in [0.2, 0.25) is 5.91 Å². The maximum Gasteiger partial charge on any atom is 0.222 e. The lowest BCUT2D eigenvalue weighted by Crippen LogP contribution is -2.44. The lowest BCUT2D eigenvalue weighted by atomic mass is 10.2. The van der Waals surface area contributed by atoms with Gasteiger partial charge in [0, 0.05) is 45.2 Å². The Labute approximate surface area is 121 Å². The molecule has 5 nitrogen and oxygen atoms in total. The molecule has 0 atom stereocenters. The first-order valence-electron chi connectivity index (χ1n) is 7.00. The third-order valence-corrected chi connectivity index (χ3v) is 4.09. The summed E-state index contributed by atoms with van der Waals surface area (Å²) < 4.78 is 7.93. The Kier molecular flexibility index (Phi) is 8.45. The van der Waals surface area contributed by atoms with Crippen LogP contribution in [-0.2, 0) is 9.53 Å². The SMILES string of the molecule is CSN1CCN(CCOCCNC(=O)C(C)C)CC1. The maximum absolute atomic E-state index is 11.3. The highest BCUT2D eigenvalue weighted by atomic mass is 32.2. The molecule has 0 unspecified atom stereocenters. The summed E-state index contributed by atoms with van der Waals surface area (Å²) in [7, 11) is 0. The van der Waals surface area contributed by atoms with E-state index in [0.717, 1.165) is 39.3 Å². The number of nitrogens with one attached hydrogen (secondary N) is 1. The fourth-order valence-electron chi connectivity index (χ4n) is 1.88. The fourth-order valence-corrected chi connectivity index (χ4v) is 2.41. The molecule has 0 radical (unpaired) electrons. The van der Waals surface area contributed by atoms with Crippen LogP contribution in [-0.4, -0.2) is 73.9 Å². The Morgan fingerprint density at radius 1 is 1.26 bits per heavy atom. The van der Waals surface area contributed by atoms with Gasteiger partial charge in [-0.2, -0.15) is 0 Å². The van der Waals surface area contributed by atoms with Crippen molar-refractivity contribution in [2.45, 2.75) is 13.8 Å². The van der Waals surface area contributed by atoms with Crippen LogP contribution in [0.3, 0.4) is 0 Å². The topological polar surface area (TPSA) is 44.8 Å². The zero-order valence-electron chi connectivity index (χ0n) is 12.4. The second-order valence-corrected chi connectivity index (χ2v) is 5.89. The summed E-state index contributed by atoms with van der Waals surface area (Å²) in [5.41, 5.74) is 0. The number of hydrogen-bond donors (Lipinski definition) is 1. The summed E-state index contributed by atoms with van der Waals surface area (Å²) in [6.45, 7) is 11.2. The molecule has 19 heavy (non-hydrogen) atoms. The molecule has 1 aliphatic rings. The molecule has 1 heterocycles. The van der Waals surface area contributed by atoms with Gasteiger partial charge in [0.25, 0.3) is 0 Å². The summed E-state index contributed by atoms with van der Waals surface area (Å²) >= 11 is 1.82. The van der Waals surface area contributed by atoms with E-state index in [4.69, 9.17) is 4.74 Å². The van der Waals surface area contributed by atoms with Crippen LogP contribution in [0.1, 0.15) is 13.8 Å². The molecular formula is C13H27N3O2S. The molecule has 0 saturated carbocycles. The molecule has 0 bridgehead atoms. The van der Waals surface area contributed by atoms with Gasteiger partial charge in [0.05, 0.1) is 13.2 Å². The zero-order chi connectivity index (χ0) is 14.1. The van der Waals surface area contributed by atoms with Crippen LogP contribution in [0.5, 0.6) is 0 Å². The molecule has 112 valence electrons. The fraction of sp³-hybridized carbons (Fsp3) is 0.923. The van der Waals surface area contributed by atoms with Gasteiger partial charge in [-0.1, -0.05) is 25.8 Å². The van der Waals surface area contributed by atoms with Gasteiger partial charge < -0.3 is 10.1 Å². The van der Waals surface area contributed by atoms with Crippen molar-refractivity contribution in [1.29, 1.82) is 0 Å². The first-order chi connectivity index (χ1) is 9.13. The van der Waals surface area contributed by atoms with E-state index in [-0.39, 0.29) is 11.8 Å². The number of ether oxygens (including phenoxy) is 1. The van der Waals surface area contributed by atoms with Gasteiger partial charge in [0.15, 0.2) is 0 Å². The van der Waals surface area contributed by atoms with Crippen molar-refractivity contribution in [3.63, 3.8) is 0 Å². The van der Waals surface area contributed by atoms with Crippen LogP contribution in [0.4, 0.5) is 0 Å². The van der Waals surface area contributed by atoms with Crippen molar-refractivity contribution in [3.8, 4) is 0 Å². The average molecular weight is 289 g/mol. The van der Waals surface area contributed by atoms with Gasteiger partial charge in [-0.3, -0.25) is 9.69 Å². The number of nitrogens with zero attached hydrogens (tertiary/aromatic N) is 2. The summed E-state index contributed by atoms with van der Waals surface area (Å²) in [4.78, 5) is 13.7. The standard InChI is InChI=1S/C13H27N3O2S/c1-12(2)13(17)14-4-10-18-11-9-15-5-7-16(19-3)8-6-15/h12H,4-11H2,1-3H3,(H,14,17). The Morgan fingerprint density at radius 2 is 1.95 bits per heavy atom. The zero-order valence-corrected chi connectivity index (χ0v) is 13.2. The summed E-state index contributed by atoms with van der Waals surface area (Å²) in [6, 6.07) is 0. The van der Waals surface area contributed by atoms with E-state index in [1.165, 1.54) is 0 Å². The third-order valence-electron chi connectivity index (χ3n) is 3.21. The number of carbonyl (C=O) groups is 1. The van der Waals surface area contributed by atoms with E-state index in [0.29, 0.717) is 13.2 Å². The molecule has 0 aliphatic carbocycles. The summed E-state index contributed by atoms with van der Waals surface area (Å²) in [5, 5.41) is 2.85. The molecule has 6 heteroatoms. The predicted molar refractivity (Wildman–Crippen MR) is 80.2 cm³/mol. The number of rotatable bonds is 8. The molecule has 0 spiro atoms. The second kappa shape index (κ2) is 9.58. The molecule has 1 fully saturated rings. The molecule has 1 amide bonds. The van der Waals surface area contributed by atoms with E-state index >= 15 is 0 Å². The molecule has 1 saturated heterocycles. The number of piperazine rings is 1. The minimum Gasteiger partial charge on any atom is -0.378 e. The van der Waals surface area contributed by atoms with Gasteiger partial charge in [-0.05, 0) is 6.26 Å². The average Bonchev–Trinajstić information content (AvgIpc) is 2.42. The van der Waals surface area contributed by atoms with Crippen molar-refractivity contribution < 1.29 is 9.53 Å². The Morgan fingerprint density at radius 3 is 2.53 bits per heavy atom. The highest BCUT2D eigenvalue weighted by Crippen LogP contribution is 2.09. The minimum atomic E-state index is 0.0488. The predicted octanol–water partition coefficient (Wildman–Crippen LogP) is 0.671. The van der Waals surface area contributed by atoms with Crippen LogP contribution in [0.15, 0.2) is 0 Å². The van der Waals surface area contributed by atoms with Gasteiger partial charge in [-0.25, -0.2) is 4.31 Å². The van der Waals surface area contributed by atoms with Gasteiger partial charge in [-0.15, -0.1) is 0 Å². The highest BCUT2D eigenvalue weighted by molar-refractivity contribution is 7.96. The van der Waals surface area contributed by atoms with Gasteiger partial charge in [0.1, 0.15) is 0 Å². The van der Waals surface area contributed by atoms with Gasteiger partial charge >= 0.3 is 0 Å². The van der Waals surface area contributed by atoms with Crippen molar-refractivity contribution >= 4 is 17.9 Å². The molecular weight excluding hydrogens is 262 g/mol. The van der Waals surface area contributed by atoms with E-state index in [1.807, 2.05) is 25.8 Å². The lowest BCUT2D eigenvalue weighted by Gasteiger charge is -2.32. The van der Waals surface area contributed by atoms with E-state index in [2.05, 4.69) is 20.8 Å². The highest BCUT2D eigenvalue weighted by Gasteiger charge is 2.15. The number of amides is 1. The monoisotopic (exact) mass is 289 g/mol. The minimum absolute atomic E-state index is 0.0488.